The Bertz CT molecular complexity index is 599. The van der Waals surface area contributed by atoms with Crippen LogP contribution in [0.4, 0.5) is 5.82 Å². The van der Waals surface area contributed by atoms with Crippen molar-refractivity contribution in [1.82, 2.24) is 4.98 Å². The number of rotatable bonds is 2. The molecule has 2 N–H and O–H groups in total. The Labute approximate surface area is 113 Å². The van der Waals surface area contributed by atoms with Gasteiger partial charge in [-0.3, -0.25) is 4.79 Å². The fourth-order valence-electron chi connectivity index (χ4n) is 1.49. The molecule has 1 heterocycles. The second kappa shape index (κ2) is 5.18. The van der Waals surface area contributed by atoms with Gasteiger partial charge in [0.05, 0.1) is 5.56 Å². The zero-order valence-corrected chi connectivity index (χ0v) is 11.2. The number of carbonyl (C=O) groups excluding carboxylic acids is 1. The minimum atomic E-state index is -0.391. The van der Waals surface area contributed by atoms with E-state index in [1.165, 1.54) is 0 Å². The van der Waals surface area contributed by atoms with Crippen LogP contribution in [0.5, 0.6) is 5.75 Å². The SMILES string of the molecule is Cc1ccc(C(=O)Nc2cc(Br)ccn2)c(O)c1. The van der Waals surface area contributed by atoms with Crippen molar-refractivity contribution in [3.05, 3.63) is 52.1 Å². The Kier molecular flexibility index (Phi) is 3.62. The average molecular weight is 307 g/mol. The summed E-state index contributed by atoms with van der Waals surface area (Å²) < 4.78 is 0.820. The van der Waals surface area contributed by atoms with Crippen LogP contribution >= 0.6 is 15.9 Å². The van der Waals surface area contributed by atoms with Gasteiger partial charge in [0.2, 0.25) is 0 Å². The molecule has 2 aromatic rings. The first-order chi connectivity index (χ1) is 8.56. The molecule has 0 atom stereocenters. The number of phenols is 1. The number of hydrogen-bond acceptors (Lipinski definition) is 3. The molecule has 1 aromatic heterocycles. The van der Waals surface area contributed by atoms with Crippen molar-refractivity contribution in [3.8, 4) is 5.75 Å². The number of aromatic nitrogens is 1. The maximum atomic E-state index is 11.9. The van der Waals surface area contributed by atoms with Crippen molar-refractivity contribution in [2.24, 2.45) is 0 Å². The Morgan fingerprint density at radius 1 is 1.33 bits per heavy atom. The second-order valence-electron chi connectivity index (χ2n) is 3.83. The van der Waals surface area contributed by atoms with Crippen molar-refractivity contribution >= 4 is 27.7 Å². The van der Waals surface area contributed by atoms with Crippen molar-refractivity contribution in [3.63, 3.8) is 0 Å². The Morgan fingerprint density at radius 3 is 2.78 bits per heavy atom. The zero-order valence-electron chi connectivity index (χ0n) is 9.64. The number of amides is 1. The van der Waals surface area contributed by atoms with Gasteiger partial charge in [0.15, 0.2) is 0 Å². The van der Waals surface area contributed by atoms with Gasteiger partial charge in [0.25, 0.3) is 5.91 Å². The van der Waals surface area contributed by atoms with E-state index in [9.17, 15) is 9.90 Å². The number of hydrogen-bond donors (Lipinski definition) is 2. The number of anilines is 1. The fraction of sp³-hybridized carbons (Fsp3) is 0.0769. The quantitative estimate of drug-likeness (QED) is 0.896. The van der Waals surface area contributed by atoms with Gasteiger partial charge in [-0.25, -0.2) is 4.98 Å². The first kappa shape index (κ1) is 12.6. The van der Waals surface area contributed by atoms with Crippen molar-refractivity contribution in [1.29, 1.82) is 0 Å². The van der Waals surface area contributed by atoms with Crippen LogP contribution in [0.15, 0.2) is 41.0 Å². The lowest BCUT2D eigenvalue weighted by molar-refractivity contribution is 0.102. The summed E-state index contributed by atoms with van der Waals surface area (Å²) >= 11 is 3.29. The zero-order chi connectivity index (χ0) is 13.1. The van der Waals surface area contributed by atoms with Gasteiger partial charge < -0.3 is 10.4 Å². The van der Waals surface area contributed by atoms with Crippen LogP contribution in [0, 0.1) is 6.92 Å². The molecule has 0 aliphatic heterocycles. The monoisotopic (exact) mass is 306 g/mol. The molecule has 1 aromatic carbocycles. The Balaban J connectivity index is 2.22. The highest BCUT2D eigenvalue weighted by molar-refractivity contribution is 9.10. The molecule has 0 aliphatic rings. The van der Waals surface area contributed by atoms with Gasteiger partial charge in [-0.05, 0) is 36.8 Å². The maximum Gasteiger partial charge on any atom is 0.260 e. The lowest BCUT2D eigenvalue weighted by Crippen LogP contribution is -2.13. The van der Waals surface area contributed by atoms with E-state index in [1.807, 2.05) is 6.92 Å². The number of carbonyl (C=O) groups is 1. The molecule has 0 spiro atoms. The van der Waals surface area contributed by atoms with Crippen LogP contribution < -0.4 is 5.32 Å². The molecule has 0 aliphatic carbocycles. The normalized spacial score (nSPS) is 10.1. The average Bonchev–Trinajstić information content (AvgIpc) is 2.28. The van der Waals surface area contributed by atoms with Crippen LogP contribution in [-0.4, -0.2) is 16.0 Å². The van der Waals surface area contributed by atoms with E-state index in [-0.39, 0.29) is 11.3 Å². The number of aromatic hydroxyl groups is 1. The number of aryl methyl sites for hydroxylation is 1. The predicted molar refractivity (Wildman–Crippen MR) is 72.7 cm³/mol. The van der Waals surface area contributed by atoms with Crippen molar-refractivity contribution in [2.45, 2.75) is 6.92 Å². The fourth-order valence-corrected chi connectivity index (χ4v) is 1.83. The number of nitrogens with one attached hydrogen (secondary N) is 1. The van der Waals surface area contributed by atoms with Crippen LogP contribution in [-0.2, 0) is 0 Å². The number of halogens is 1. The molecule has 0 radical (unpaired) electrons. The maximum absolute atomic E-state index is 11.9. The summed E-state index contributed by atoms with van der Waals surface area (Å²) in [6, 6.07) is 8.34. The van der Waals surface area contributed by atoms with E-state index >= 15 is 0 Å². The number of nitrogens with zero attached hydrogens (tertiary/aromatic N) is 1. The van der Waals surface area contributed by atoms with E-state index < -0.39 is 5.91 Å². The van der Waals surface area contributed by atoms with Crippen LogP contribution in [0.2, 0.25) is 0 Å². The largest absolute Gasteiger partial charge is 0.507 e. The third-order valence-electron chi connectivity index (χ3n) is 2.36. The minimum absolute atomic E-state index is 0.0394. The summed E-state index contributed by atoms with van der Waals surface area (Å²) in [6.45, 7) is 1.84. The van der Waals surface area contributed by atoms with Gasteiger partial charge >= 0.3 is 0 Å². The Morgan fingerprint density at radius 2 is 2.11 bits per heavy atom. The molecule has 0 unspecified atom stereocenters. The summed E-state index contributed by atoms with van der Waals surface area (Å²) in [4.78, 5) is 15.9. The highest BCUT2D eigenvalue weighted by Crippen LogP contribution is 2.20. The number of pyridine rings is 1. The third kappa shape index (κ3) is 2.87. The molecule has 0 bridgehead atoms. The lowest BCUT2D eigenvalue weighted by atomic mass is 10.1. The molecule has 0 saturated carbocycles. The summed E-state index contributed by atoms with van der Waals surface area (Å²) in [5.41, 5.74) is 1.12. The number of phenolic OH excluding ortho intramolecular Hbond substituents is 1. The van der Waals surface area contributed by atoms with E-state index in [1.54, 1.807) is 36.5 Å². The van der Waals surface area contributed by atoms with E-state index in [2.05, 4.69) is 26.2 Å². The standard InChI is InChI=1S/C13H11BrN2O2/c1-8-2-3-10(11(17)6-8)13(18)16-12-7-9(14)4-5-15-12/h2-7,17H,1H3,(H,15,16,18). The van der Waals surface area contributed by atoms with E-state index in [4.69, 9.17) is 0 Å². The number of benzene rings is 1. The molecule has 92 valence electrons. The molecular weight excluding hydrogens is 296 g/mol. The van der Waals surface area contributed by atoms with Crippen molar-refractivity contribution in [2.75, 3.05) is 5.32 Å². The first-order valence-corrected chi connectivity index (χ1v) is 6.08. The van der Waals surface area contributed by atoms with Crippen LogP contribution in [0.3, 0.4) is 0 Å². The topological polar surface area (TPSA) is 62.2 Å². The second-order valence-corrected chi connectivity index (χ2v) is 4.75. The summed E-state index contributed by atoms with van der Waals surface area (Å²) in [5, 5.41) is 12.3. The minimum Gasteiger partial charge on any atom is -0.507 e. The highest BCUT2D eigenvalue weighted by atomic mass is 79.9. The molecule has 18 heavy (non-hydrogen) atoms. The molecule has 0 saturated heterocycles. The molecule has 1 amide bonds. The van der Waals surface area contributed by atoms with Crippen LogP contribution in [0.1, 0.15) is 15.9 Å². The van der Waals surface area contributed by atoms with Gasteiger partial charge in [-0.15, -0.1) is 0 Å². The summed E-state index contributed by atoms with van der Waals surface area (Å²) in [6.07, 6.45) is 1.58. The van der Waals surface area contributed by atoms with Crippen LogP contribution in [0.25, 0.3) is 0 Å². The lowest BCUT2D eigenvalue weighted by Gasteiger charge is -2.06. The first-order valence-electron chi connectivity index (χ1n) is 5.29. The summed E-state index contributed by atoms with van der Waals surface area (Å²) in [7, 11) is 0. The van der Waals surface area contributed by atoms with Gasteiger partial charge in [-0.2, -0.15) is 0 Å². The molecule has 0 fully saturated rings. The van der Waals surface area contributed by atoms with Crippen molar-refractivity contribution < 1.29 is 9.90 Å². The third-order valence-corrected chi connectivity index (χ3v) is 2.85. The molecular formula is C13H11BrN2O2. The smallest absolute Gasteiger partial charge is 0.260 e. The molecule has 2 rings (SSSR count). The van der Waals surface area contributed by atoms with E-state index in [0.717, 1.165) is 10.0 Å². The molecule has 4 nitrogen and oxygen atoms in total. The summed E-state index contributed by atoms with van der Waals surface area (Å²) in [5.74, 6) is -0.00468. The van der Waals surface area contributed by atoms with Gasteiger partial charge in [0.1, 0.15) is 11.6 Å². The molecule has 5 heteroatoms. The Hall–Kier alpha value is -1.88. The predicted octanol–water partition coefficient (Wildman–Crippen LogP) is 3.11. The van der Waals surface area contributed by atoms with Gasteiger partial charge in [-0.1, -0.05) is 22.0 Å². The van der Waals surface area contributed by atoms with E-state index in [0.29, 0.717) is 5.82 Å². The highest BCUT2D eigenvalue weighted by Gasteiger charge is 2.11. The van der Waals surface area contributed by atoms with Gasteiger partial charge in [0, 0.05) is 10.7 Å².